The largest absolute Gasteiger partial charge is 0.273 e. The molecule has 2 rings (SSSR count). The van der Waals surface area contributed by atoms with Gasteiger partial charge in [0.15, 0.2) is 0 Å². The normalized spacial score (nSPS) is 10.6. The van der Waals surface area contributed by atoms with Crippen LogP contribution in [-0.2, 0) is 0 Å². The molecule has 0 fully saturated rings. The van der Waals surface area contributed by atoms with Gasteiger partial charge in [0.2, 0.25) is 5.91 Å². The van der Waals surface area contributed by atoms with Crippen LogP contribution in [0.25, 0.3) is 10.9 Å². The van der Waals surface area contributed by atoms with Gasteiger partial charge >= 0.3 is 0 Å². The molecular formula is C9H7IN2O. The number of halogens is 1. The fraction of sp³-hybridized carbons (Fsp3) is 0.111. The summed E-state index contributed by atoms with van der Waals surface area (Å²) in [6, 6.07) is 5.89. The average molecular weight is 286 g/mol. The second kappa shape index (κ2) is 3.10. The summed E-state index contributed by atoms with van der Waals surface area (Å²) in [6.07, 6.45) is 1.75. The van der Waals surface area contributed by atoms with Crippen molar-refractivity contribution in [2.45, 2.75) is 6.92 Å². The molecule has 4 heteroatoms. The first-order valence-corrected chi connectivity index (χ1v) is 4.90. The lowest BCUT2D eigenvalue weighted by Gasteiger charge is -1.87. The van der Waals surface area contributed by atoms with E-state index in [0.717, 1.165) is 14.5 Å². The fourth-order valence-corrected chi connectivity index (χ4v) is 1.67. The first kappa shape index (κ1) is 8.68. The van der Waals surface area contributed by atoms with Crippen molar-refractivity contribution in [2.75, 3.05) is 0 Å². The van der Waals surface area contributed by atoms with E-state index in [1.165, 1.54) is 11.6 Å². The highest BCUT2D eigenvalue weighted by atomic mass is 127. The Morgan fingerprint density at radius 1 is 1.54 bits per heavy atom. The number of benzene rings is 1. The zero-order valence-corrected chi connectivity index (χ0v) is 9.15. The molecule has 0 aliphatic rings. The van der Waals surface area contributed by atoms with Crippen LogP contribution in [0.15, 0.2) is 24.4 Å². The summed E-state index contributed by atoms with van der Waals surface area (Å²) in [4.78, 5) is 11.0. The highest BCUT2D eigenvalue weighted by Gasteiger charge is 2.03. The molecule has 0 saturated carbocycles. The summed E-state index contributed by atoms with van der Waals surface area (Å²) in [5, 5.41) is 5.12. The molecule has 0 saturated heterocycles. The molecule has 0 aliphatic heterocycles. The van der Waals surface area contributed by atoms with E-state index in [4.69, 9.17) is 0 Å². The van der Waals surface area contributed by atoms with E-state index in [2.05, 4.69) is 27.7 Å². The quantitative estimate of drug-likeness (QED) is 0.696. The summed E-state index contributed by atoms with van der Waals surface area (Å²) in [5.41, 5.74) is 0.857. The summed E-state index contributed by atoms with van der Waals surface area (Å²) in [6.45, 7) is 1.50. The number of carbonyl (C=O) groups excluding carboxylic acids is 1. The number of fused-ring (bicyclic) bond motifs is 1. The Hall–Kier alpha value is -0.910. The fourth-order valence-electron chi connectivity index (χ4n) is 1.16. The Kier molecular flexibility index (Phi) is 2.07. The van der Waals surface area contributed by atoms with E-state index in [9.17, 15) is 4.79 Å². The van der Waals surface area contributed by atoms with Crippen LogP contribution < -0.4 is 0 Å². The highest BCUT2D eigenvalue weighted by Crippen LogP contribution is 2.15. The maximum absolute atomic E-state index is 11.0. The third-order valence-electron chi connectivity index (χ3n) is 1.79. The van der Waals surface area contributed by atoms with E-state index < -0.39 is 0 Å². The summed E-state index contributed by atoms with van der Waals surface area (Å²) < 4.78 is 2.51. The standard InChI is InChI=1S/C9H7IN2O/c1-6(13)12-5-7-4-8(10)2-3-9(7)11-12/h2-5H,1H3. The van der Waals surface area contributed by atoms with E-state index in [-0.39, 0.29) is 5.91 Å². The monoisotopic (exact) mass is 286 g/mol. The van der Waals surface area contributed by atoms with E-state index in [0.29, 0.717) is 0 Å². The van der Waals surface area contributed by atoms with Crippen molar-refractivity contribution in [3.63, 3.8) is 0 Å². The van der Waals surface area contributed by atoms with Gasteiger partial charge < -0.3 is 0 Å². The van der Waals surface area contributed by atoms with Gasteiger partial charge in [-0.1, -0.05) is 0 Å². The Balaban J connectivity index is 2.68. The van der Waals surface area contributed by atoms with Gasteiger partial charge in [-0.3, -0.25) is 4.79 Å². The number of carbonyl (C=O) groups is 1. The van der Waals surface area contributed by atoms with Crippen LogP contribution in [0, 0.1) is 3.57 Å². The maximum atomic E-state index is 11.0. The maximum Gasteiger partial charge on any atom is 0.243 e. The predicted octanol–water partition coefficient (Wildman–Crippen LogP) is 2.30. The summed E-state index contributed by atoms with van der Waals surface area (Å²) >= 11 is 2.23. The molecular weight excluding hydrogens is 279 g/mol. The molecule has 0 spiro atoms. The lowest BCUT2D eigenvalue weighted by molar-refractivity contribution is 0.0922. The molecule has 3 nitrogen and oxygen atoms in total. The minimum Gasteiger partial charge on any atom is -0.273 e. The zero-order chi connectivity index (χ0) is 9.42. The van der Waals surface area contributed by atoms with Gasteiger partial charge in [-0.25, -0.2) is 4.68 Å². The zero-order valence-electron chi connectivity index (χ0n) is 6.99. The minimum absolute atomic E-state index is 0.0637. The number of hydrogen-bond donors (Lipinski definition) is 0. The van der Waals surface area contributed by atoms with Gasteiger partial charge in [-0.15, -0.1) is 0 Å². The van der Waals surface area contributed by atoms with Crippen LogP contribution in [0.4, 0.5) is 0 Å². The molecule has 1 aromatic heterocycles. The van der Waals surface area contributed by atoms with Crippen LogP contribution in [0.3, 0.4) is 0 Å². The average Bonchev–Trinajstić information content (AvgIpc) is 2.46. The molecule has 0 N–H and O–H groups in total. The van der Waals surface area contributed by atoms with Crippen molar-refractivity contribution in [2.24, 2.45) is 0 Å². The van der Waals surface area contributed by atoms with E-state index in [1.54, 1.807) is 6.20 Å². The minimum atomic E-state index is -0.0637. The third-order valence-corrected chi connectivity index (χ3v) is 2.46. The van der Waals surface area contributed by atoms with Crippen LogP contribution in [0.1, 0.15) is 11.7 Å². The molecule has 0 amide bonds. The molecule has 66 valence electrons. The van der Waals surface area contributed by atoms with Crippen molar-refractivity contribution in [1.29, 1.82) is 0 Å². The van der Waals surface area contributed by atoms with Gasteiger partial charge in [0.1, 0.15) is 0 Å². The first-order chi connectivity index (χ1) is 6.16. The first-order valence-electron chi connectivity index (χ1n) is 3.83. The highest BCUT2D eigenvalue weighted by molar-refractivity contribution is 14.1. The predicted molar refractivity (Wildman–Crippen MR) is 58.8 cm³/mol. The van der Waals surface area contributed by atoms with Gasteiger partial charge in [0.25, 0.3) is 0 Å². The van der Waals surface area contributed by atoms with Crippen LogP contribution in [-0.4, -0.2) is 15.7 Å². The smallest absolute Gasteiger partial charge is 0.243 e. The Labute approximate surface area is 88.9 Å². The second-order valence-corrected chi connectivity index (χ2v) is 4.04. The van der Waals surface area contributed by atoms with E-state index in [1.807, 2.05) is 18.2 Å². The van der Waals surface area contributed by atoms with Crippen molar-refractivity contribution < 1.29 is 4.79 Å². The van der Waals surface area contributed by atoms with Crippen molar-refractivity contribution >= 4 is 39.4 Å². The molecule has 1 heterocycles. The summed E-state index contributed by atoms with van der Waals surface area (Å²) in [5.74, 6) is -0.0637. The molecule has 0 bridgehead atoms. The van der Waals surface area contributed by atoms with Gasteiger partial charge in [-0.05, 0) is 40.8 Å². The van der Waals surface area contributed by atoms with Gasteiger partial charge in [-0.2, -0.15) is 5.10 Å². The summed E-state index contributed by atoms with van der Waals surface area (Å²) in [7, 11) is 0. The van der Waals surface area contributed by atoms with Gasteiger partial charge in [0.05, 0.1) is 5.52 Å². The van der Waals surface area contributed by atoms with Crippen molar-refractivity contribution in [3.8, 4) is 0 Å². The van der Waals surface area contributed by atoms with Crippen LogP contribution in [0.2, 0.25) is 0 Å². The molecule has 2 aromatic rings. The molecule has 0 unspecified atom stereocenters. The van der Waals surface area contributed by atoms with Crippen molar-refractivity contribution in [3.05, 3.63) is 28.0 Å². The third kappa shape index (κ3) is 1.58. The Morgan fingerprint density at radius 3 is 3.00 bits per heavy atom. The molecule has 0 aliphatic carbocycles. The molecule has 1 aromatic carbocycles. The number of rotatable bonds is 0. The Bertz CT molecular complexity index is 475. The molecule has 0 radical (unpaired) electrons. The SMILES string of the molecule is CC(=O)n1cc2cc(I)ccc2n1. The van der Waals surface area contributed by atoms with Crippen molar-refractivity contribution in [1.82, 2.24) is 9.78 Å². The van der Waals surface area contributed by atoms with Crippen LogP contribution >= 0.6 is 22.6 Å². The lowest BCUT2D eigenvalue weighted by atomic mass is 10.3. The number of aromatic nitrogens is 2. The number of hydrogen-bond acceptors (Lipinski definition) is 2. The van der Waals surface area contributed by atoms with E-state index >= 15 is 0 Å². The molecule has 0 atom stereocenters. The number of nitrogens with zero attached hydrogens (tertiary/aromatic N) is 2. The van der Waals surface area contributed by atoms with Gasteiger partial charge in [0, 0.05) is 22.1 Å². The lowest BCUT2D eigenvalue weighted by Crippen LogP contribution is -2.04. The Morgan fingerprint density at radius 2 is 2.31 bits per heavy atom. The molecule has 13 heavy (non-hydrogen) atoms. The topological polar surface area (TPSA) is 34.9 Å². The van der Waals surface area contributed by atoms with Crippen LogP contribution in [0.5, 0.6) is 0 Å². The second-order valence-electron chi connectivity index (χ2n) is 2.80.